The number of nitrogens with one attached hydrogen (secondary N) is 2. The first-order valence-electron chi connectivity index (χ1n) is 8.02. The summed E-state index contributed by atoms with van der Waals surface area (Å²) in [6.45, 7) is 1.94. The molecule has 0 aliphatic heterocycles. The zero-order valence-electron chi connectivity index (χ0n) is 14.2. The summed E-state index contributed by atoms with van der Waals surface area (Å²) >= 11 is 0. The summed E-state index contributed by atoms with van der Waals surface area (Å²) < 4.78 is 32.5. The second-order valence-corrected chi connectivity index (χ2v) is 5.28. The number of halogens is 2. The number of nitrogens with zero attached hydrogens (tertiary/aromatic N) is 3. The predicted octanol–water partition coefficient (Wildman–Crippen LogP) is 3.81. The van der Waals surface area contributed by atoms with Gasteiger partial charge in [-0.1, -0.05) is 18.2 Å². The molecule has 0 saturated heterocycles. The lowest BCUT2D eigenvalue weighted by Crippen LogP contribution is -2.09. The van der Waals surface area contributed by atoms with E-state index in [1.165, 1.54) is 12.3 Å². The number of carbonyl (C=O) groups excluding carboxylic acids is 1. The first-order chi connectivity index (χ1) is 13.1. The molecule has 1 aromatic heterocycles. The van der Waals surface area contributed by atoms with E-state index >= 15 is 0 Å². The van der Waals surface area contributed by atoms with Gasteiger partial charge in [0, 0.05) is 0 Å². The van der Waals surface area contributed by atoms with Crippen molar-refractivity contribution >= 4 is 29.1 Å². The molecule has 7 nitrogen and oxygen atoms in total. The van der Waals surface area contributed by atoms with Crippen LogP contribution in [-0.2, 0) is 4.74 Å². The van der Waals surface area contributed by atoms with Gasteiger partial charge in [-0.2, -0.15) is 10.1 Å². The minimum atomic E-state index is -0.768. The van der Waals surface area contributed by atoms with E-state index in [4.69, 9.17) is 4.74 Å². The van der Waals surface area contributed by atoms with E-state index in [-0.39, 0.29) is 24.1 Å². The van der Waals surface area contributed by atoms with E-state index in [1.54, 1.807) is 31.2 Å². The molecule has 0 radical (unpaired) electrons. The van der Waals surface area contributed by atoms with Gasteiger partial charge >= 0.3 is 5.97 Å². The predicted molar refractivity (Wildman–Crippen MR) is 95.1 cm³/mol. The molecule has 0 spiro atoms. The highest BCUT2D eigenvalue weighted by Gasteiger charge is 2.14. The zero-order chi connectivity index (χ0) is 19.2. The van der Waals surface area contributed by atoms with Crippen molar-refractivity contribution in [2.24, 2.45) is 0 Å². The van der Waals surface area contributed by atoms with Crippen LogP contribution in [0.4, 0.5) is 31.9 Å². The van der Waals surface area contributed by atoms with Gasteiger partial charge in [0.2, 0.25) is 5.95 Å². The summed E-state index contributed by atoms with van der Waals surface area (Å²) in [6.07, 6.45) is 1.22. The van der Waals surface area contributed by atoms with Crippen LogP contribution >= 0.6 is 0 Å². The molecule has 2 aromatic carbocycles. The van der Waals surface area contributed by atoms with Crippen molar-refractivity contribution in [3.63, 3.8) is 0 Å². The van der Waals surface area contributed by atoms with E-state index in [0.717, 1.165) is 12.1 Å². The van der Waals surface area contributed by atoms with Crippen LogP contribution in [0.1, 0.15) is 17.3 Å². The van der Waals surface area contributed by atoms with Crippen molar-refractivity contribution in [3.8, 4) is 0 Å². The Morgan fingerprint density at radius 2 is 1.81 bits per heavy atom. The van der Waals surface area contributed by atoms with Crippen LogP contribution in [0, 0.1) is 11.6 Å². The fourth-order valence-electron chi connectivity index (χ4n) is 2.26. The van der Waals surface area contributed by atoms with Gasteiger partial charge in [-0.3, -0.25) is 0 Å². The molecule has 138 valence electrons. The Bertz CT molecular complexity index is 948. The molecule has 0 fully saturated rings. The standard InChI is InChI=1S/C18H15F2N5O2/c1-2-27-17(26)11-6-3-4-9-14(11)22-18-24-15(10-21-25-18)23-16-12(19)7-5-8-13(16)20/h3-10H,2H2,1H3,(H2,22,23,24,25). The highest BCUT2D eigenvalue weighted by atomic mass is 19.1. The molecule has 27 heavy (non-hydrogen) atoms. The summed E-state index contributed by atoms with van der Waals surface area (Å²) in [5.74, 6) is -1.93. The molecular formula is C18H15F2N5O2. The van der Waals surface area contributed by atoms with Gasteiger partial charge in [-0.05, 0) is 31.2 Å². The SMILES string of the molecule is CCOC(=O)c1ccccc1Nc1nncc(Nc2c(F)cccc2F)n1. The third-order valence-electron chi connectivity index (χ3n) is 3.44. The van der Waals surface area contributed by atoms with Crippen LogP contribution in [0.15, 0.2) is 48.7 Å². The fraction of sp³-hybridized carbons (Fsp3) is 0.111. The van der Waals surface area contributed by atoms with E-state index < -0.39 is 17.6 Å². The molecule has 3 aromatic rings. The number of carbonyl (C=O) groups is 1. The van der Waals surface area contributed by atoms with Crippen molar-refractivity contribution in [1.82, 2.24) is 15.2 Å². The second kappa shape index (κ2) is 8.17. The molecule has 0 saturated carbocycles. The fourth-order valence-corrected chi connectivity index (χ4v) is 2.26. The number of hydrogen-bond acceptors (Lipinski definition) is 7. The first-order valence-corrected chi connectivity index (χ1v) is 8.02. The maximum Gasteiger partial charge on any atom is 0.340 e. The Morgan fingerprint density at radius 3 is 2.56 bits per heavy atom. The Labute approximate surface area is 153 Å². The smallest absolute Gasteiger partial charge is 0.340 e. The molecule has 3 rings (SSSR count). The van der Waals surface area contributed by atoms with E-state index in [1.807, 2.05) is 0 Å². The Morgan fingerprint density at radius 1 is 1.07 bits per heavy atom. The number of ether oxygens (including phenoxy) is 1. The Hall–Kier alpha value is -3.62. The maximum atomic E-state index is 13.8. The first kappa shape index (κ1) is 18.2. The summed E-state index contributed by atoms with van der Waals surface area (Å²) in [5, 5.41) is 12.9. The van der Waals surface area contributed by atoms with Crippen LogP contribution in [-0.4, -0.2) is 27.8 Å². The summed E-state index contributed by atoms with van der Waals surface area (Å²) in [5.41, 5.74) is 0.351. The molecule has 0 amide bonds. The van der Waals surface area contributed by atoms with Gasteiger partial charge in [-0.25, -0.2) is 13.6 Å². The Kier molecular flexibility index (Phi) is 5.50. The van der Waals surface area contributed by atoms with Crippen LogP contribution < -0.4 is 10.6 Å². The lowest BCUT2D eigenvalue weighted by Gasteiger charge is -2.11. The van der Waals surface area contributed by atoms with E-state index in [2.05, 4.69) is 25.8 Å². The van der Waals surface area contributed by atoms with Gasteiger partial charge in [0.05, 0.1) is 24.1 Å². The number of hydrogen-bond donors (Lipinski definition) is 2. The highest BCUT2D eigenvalue weighted by molar-refractivity contribution is 5.96. The number of para-hydroxylation sites is 2. The van der Waals surface area contributed by atoms with Crippen molar-refractivity contribution < 1.29 is 18.3 Å². The monoisotopic (exact) mass is 371 g/mol. The number of anilines is 4. The molecule has 0 aliphatic rings. The number of aromatic nitrogens is 3. The normalized spacial score (nSPS) is 10.3. The maximum absolute atomic E-state index is 13.8. The number of rotatable bonds is 6. The van der Waals surface area contributed by atoms with E-state index in [0.29, 0.717) is 11.3 Å². The second-order valence-electron chi connectivity index (χ2n) is 5.28. The minimum Gasteiger partial charge on any atom is -0.462 e. The average molecular weight is 371 g/mol. The van der Waals surface area contributed by atoms with E-state index in [9.17, 15) is 13.6 Å². The largest absolute Gasteiger partial charge is 0.462 e. The van der Waals surface area contributed by atoms with Gasteiger partial charge in [0.1, 0.15) is 17.3 Å². The minimum absolute atomic E-state index is 0.0356. The Balaban J connectivity index is 1.84. The molecule has 2 N–H and O–H groups in total. The molecule has 1 heterocycles. The van der Waals surface area contributed by atoms with Crippen molar-refractivity contribution in [3.05, 3.63) is 65.9 Å². The van der Waals surface area contributed by atoms with Crippen molar-refractivity contribution in [1.29, 1.82) is 0 Å². The molecule has 0 unspecified atom stereocenters. The lowest BCUT2D eigenvalue weighted by molar-refractivity contribution is 0.0527. The van der Waals surface area contributed by atoms with Crippen LogP contribution in [0.2, 0.25) is 0 Å². The van der Waals surface area contributed by atoms with Crippen LogP contribution in [0.3, 0.4) is 0 Å². The number of benzene rings is 2. The molecular weight excluding hydrogens is 356 g/mol. The van der Waals surface area contributed by atoms with Gasteiger partial charge < -0.3 is 15.4 Å². The highest BCUT2D eigenvalue weighted by Crippen LogP contribution is 2.23. The molecule has 0 aliphatic carbocycles. The quantitative estimate of drug-likeness (QED) is 0.637. The average Bonchev–Trinajstić information content (AvgIpc) is 2.66. The summed E-state index contributed by atoms with van der Waals surface area (Å²) in [6, 6.07) is 10.1. The topological polar surface area (TPSA) is 89.0 Å². The molecule has 0 atom stereocenters. The van der Waals surface area contributed by atoms with Crippen molar-refractivity contribution in [2.75, 3.05) is 17.2 Å². The molecule has 0 bridgehead atoms. The third kappa shape index (κ3) is 4.32. The van der Waals surface area contributed by atoms with Crippen molar-refractivity contribution in [2.45, 2.75) is 6.92 Å². The number of esters is 1. The summed E-state index contributed by atoms with van der Waals surface area (Å²) in [7, 11) is 0. The zero-order valence-corrected chi connectivity index (χ0v) is 14.2. The van der Waals surface area contributed by atoms with Gasteiger partial charge in [0.15, 0.2) is 5.82 Å². The van der Waals surface area contributed by atoms with Gasteiger partial charge in [-0.15, -0.1) is 5.10 Å². The summed E-state index contributed by atoms with van der Waals surface area (Å²) in [4.78, 5) is 16.1. The third-order valence-corrected chi connectivity index (χ3v) is 3.44. The molecule has 9 heteroatoms. The van der Waals surface area contributed by atoms with Crippen LogP contribution in [0.5, 0.6) is 0 Å². The lowest BCUT2D eigenvalue weighted by atomic mass is 10.2. The van der Waals surface area contributed by atoms with Gasteiger partial charge in [0.25, 0.3) is 0 Å². The van der Waals surface area contributed by atoms with Crippen LogP contribution in [0.25, 0.3) is 0 Å².